The molecule has 0 radical (unpaired) electrons. The Morgan fingerprint density at radius 1 is 1.37 bits per heavy atom. The van der Waals surface area contributed by atoms with Crippen molar-refractivity contribution in [2.45, 2.75) is 24.8 Å². The fourth-order valence-electron chi connectivity index (χ4n) is 1.74. The number of nitrogens with zero attached hydrogens (tertiary/aromatic N) is 1. The van der Waals surface area contributed by atoms with Gasteiger partial charge in [-0.3, -0.25) is 9.63 Å². The van der Waals surface area contributed by atoms with E-state index >= 15 is 0 Å². The maximum absolute atomic E-state index is 12.1. The Labute approximate surface area is 112 Å². The fraction of sp³-hybridized carbons (Fsp3) is 0.417. The molecular formula is C12H16N2O4S. The molecule has 1 saturated heterocycles. The van der Waals surface area contributed by atoms with Crippen molar-refractivity contribution < 1.29 is 18.0 Å². The van der Waals surface area contributed by atoms with Crippen LogP contribution < -0.4 is 5.32 Å². The van der Waals surface area contributed by atoms with Gasteiger partial charge in [0.2, 0.25) is 5.91 Å². The zero-order valence-electron chi connectivity index (χ0n) is 10.6. The van der Waals surface area contributed by atoms with Gasteiger partial charge in [0.05, 0.1) is 11.5 Å². The standard InChI is InChI=1S/C12H16N2O4S/c1-10(15)13-9-11-3-5-12(6-4-11)19(16,17)14-7-2-8-18-14/h3-6H,2,7-9H2,1H3,(H,13,15). The Kier molecular flexibility index (Phi) is 4.18. The molecule has 6 nitrogen and oxygen atoms in total. The molecule has 0 unspecified atom stereocenters. The highest BCUT2D eigenvalue weighted by atomic mass is 32.2. The summed E-state index contributed by atoms with van der Waals surface area (Å²) in [6.07, 6.45) is 0.708. The molecule has 1 aromatic carbocycles. The van der Waals surface area contributed by atoms with Crippen molar-refractivity contribution in [2.24, 2.45) is 0 Å². The number of benzene rings is 1. The molecule has 1 aromatic rings. The first kappa shape index (κ1) is 14.0. The lowest BCUT2D eigenvalue weighted by Gasteiger charge is -2.14. The highest BCUT2D eigenvalue weighted by molar-refractivity contribution is 7.89. The van der Waals surface area contributed by atoms with Gasteiger partial charge in [-0.1, -0.05) is 16.6 Å². The van der Waals surface area contributed by atoms with Crippen molar-refractivity contribution in [1.29, 1.82) is 0 Å². The summed E-state index contributed by atoms with van der Waals surface area (Å²) >= 11 is 0. The summed E-state index contributed by atoms with van der Waals surface area (Å²) < 4.78 is 25.3. The van der Waals surface area contributed by atoms with Crippen molar-refractivity contribution in [2.75, 3.05) is 13.2 Å². The van der Waals surface area contributed by atoms with Gasteiger partial charge in [-0.2, -0.15) is 0 Å². The summed E-state index contributed by atoms with van der Waals surface area (Å²) in [4.78, 5) is 16.1. The number of hydrogen-bond acceptors (Lipinski definition) is 4. The number of rotatable bonds is 4. The average Bonchev–Trinajstić information content (AvgIpc) is 2.91. The number of sulfonamides is 1. The molecule has 0 atom stereocenters. The number of amides is 1. The molecule has 1 aliphatic heterocycles. The minimum Gasteiger partial charge on any atom is -0.352 e. The second-order valence-corrected chi connectivity index (χ2v) is 6.10. The van der Waals surface area contributed by atoms with Gasteiger partial charge in [-0.15, -0.1) is 0 Å². The summed E-state index contributed by atoms with van der Waals surface area (Å²) in [5.41, 5.74) is 0.844. The molecule has 0 aliphatic carbocycles. The Hall–Kier alpha value is -1.44. The molecule has 0 aromatic heterocycles. The van der Waals surface area contributed by atoms with Crippen LogP contribution in [0.2, 0.25) is 0 Å². The maximum Gasteiger partial charge on any atom is 0.265 e. The van der Waals surface area contributed by atoms with Crippen molar-refractivity contribution in [1.82, 2.24) is 9.79 Å². The third-order valence-corrected chi connectivity index (χ3v) is 4.44. The molecule has 0 spiro atoms. The van der Waals surface area contributed by atoms with Crippen LogP contribution >= 0.6 is 0 Å². The zero-order chi connectivity index (χ0) is 13.9. The number of nitrogens with one attached hydrogen (secondary N) is 1. The number of hydrogen-bond donors (Lipinski definition) is 1. The first-order chi connectivity index (χ1) is 9.00. The van der Waals surface area contributed by atoms with Gasteiger partial charge in [0.1, 0.15) is 0 Å². The topological polar surface area (TPSA) is 75.7 Å². The largest absolute Gasteiger partial charge is 0.352 e. The smallest absolute Gasteiger partial charge is 0.265 e. The first-order valence-electron chi connectivity index (χ1n) is 5.99. The van der Waals surface area contributed by atoms with E-state index in [0.717, 1.165) is 10.0 Å². The van der Waals surface area contributed by atoms with Crippen LogP contribution in [0.4, 0.5) is 0 Å². The lowest BCUT2D eigenvalue weighted by Crippen LogP contribution is -2.26. The van der Waals surface area contributed by atoms with E-state index in [-0.39, 0.29) is 10.8 Å². The van der Waals surface area contributed by atoms with E-state index in [2.05, 4.69) is 5.32 Å². The highest BCUT2D eigenvalue weighted by Crippen LogP contribution is 2.20. The predicted molar refractivity (Wildman–Crippen MR) is 68.4 cm³/mol. The van der Waals surface area contributed by atoms with Crippen LogP contribution in [-0.4, -0.2) is 31.9 Å². The normalized spacial score (nSPS) is 16.5. The first-order valence-corrected chi connectivity index (χ1v) is 7.43. The molecule has 19 heavy (non-hydrogen) atoms. The van der Waals surface area contributed by atoms with E-state index in [4.69, 9.17) is 4.84 Å². The Balaban J connectivity index is 2.11. The third kappa shape index (κ3) is 3.31. The molecule has 1 N–H and O–H groups in total. The van der Waals surface area contributed by atoms with E-state index in [1.165, 1.54) is 19.1 Å². The Morgan fingerprint density at radius 3 is 2.58 bits per heavy atom. The number of carbonyl (C=O) groups is 1. The van der Waals surface area contributed by atoms with Gasteiger partial charge in [-0.25, -0.2) is 8.42 Å². The van der Waals surface area contributed by atoms with E-state index < -0.39 is 10.0 Å². The van der Waals surface area contributed by atoms with Crippen LogP contribution in [-0.2, 0) is 26.2 Å². The van der Waals surface area contributed by atoms with Crippen LogP contribution in [0.3, 0.4) is 0 Å². The highest BCUT2D eigenvalue weighted by Gasteiger charge is 2.28. The fourth-order valence-corrected chi connectivity index (χ4v) is 3.04. The van der Waals surface area contributed by atoms with Gasteiger partial charge in [0.15, 0.2) is 0 Å². The van der Waals surface area contributed by atoms with Gasteiger partial charge in [0, 0.05) is 20.0 Å². The summed E-state index contributed by atoms with van der Waals surface area (Å²) in [7, 11) is -3.56. The second kappa shape index (κ2) is 5.68. The van der Waals surface area contributed by atoms with Gasteiger partial charge < -0.3 is 5.32 Å². The Morgan fingerprint density at radius 2 is 2.05 bits per heavy atom. The van der Waals surface area contributed by atoms with Crippen molar-refractivity contribution in [3.8, 4) is 0 Å². The number of hydroxylamine groups is 1. The van der Waals surface area contributed by atoms with Crippen LogP contribution in [0.25, 0.3) is 0 Å². The van der Waals surface area contributed by atoms with Gasteiger partial charge in [-0.05, 0) is 24.1 Å². The molecule has 0 bridgehead atoms. The van der Waals surface area contributed by atoms with E-state index in [0.29, 0.717) is 26.1 Å². The van der Waals surface area contributed by atoms with Crippen molar-refractivity contribution >= 4 is 15.9 Å². The number of carbonyl (C=O) groups excluding carboxylic acids is 1. The predicted octanol–water partition coefficient (Wildman–Crippen LogP) is 0.649. The molecule has 1 aliphatic rings. The van der Waals surface area contributed by atoms with E-state index in [1.807, 2.05) is 0 Å². The minimum absolute atomic E-state index is 0.123. The molecule has 1 fully saturated rings. The Bertz CT molecular complexity index is 548. The third-order valence-electron chi connectivity index (χ3n) is 2.75. The average molecular weight is 284 g/mol. The van der Waals surface area contributed by atoms with E-state index in [1.54, 1.807) is 12.1 Å². The SMILES string of the molecule is CC(=O)NCc1ccc(S(=O)(=O)N2CCCO2)cc1. The van der Waals surface area contributed by atoms with E-state index in [9.17, 15) is 13.2 Å². The summed E-state index contributed by atoms with van der Waals surface area (Å²) in [5, 5.41) is 2.65. The summed E-state index contributed by atoms with van der Waals surface area (Å²) in [6, 6.07) is 6.40. The van der Waals surface area contributed by atoms with Crippen LogP contribution in [0.5, 0.6) is 0 Å². The molecule has 7 heteroatoms. The quantitative estimate of drug-likeness (QED) is 0.880. The lowest BCUT2D eigenvalue weighted by molar-refractivity contribution is -0.119. The van der Waals surface area contributed by atoms with Crippen LogP contribution in [0, 0.1) is 0 Å². The molecule has 1 amide bonds. The summed E-state index contributed by atoms with van der Waals surface area (Å²) in [5.74, 6) is -0.123. The molecule has 104 valence electrons. The second-order valence-electron chi connectivity index (χ2n) is 4.27. The zero-order valence-corrected chi connectivity index (χ0v) is 11.4. The minimum atomic E-state index is -3.56. The molecule has 2 rings (SSSR count). The maximum atomic E-state index is 12.1. The van der Waals surface area contributed by atoms with Crippen molar-refractivity contribution in [3.63, 3.8) is 0 Å². The molecule has 0 saturated carbocycles. The van der Waals surface area contributed by atoms with Crippen molar-refractivity contribution in [3.05, 3.63) is 29.8 Å². The van der Waals surface area contributed by atoms with Gasteiger partial charge >= 0.3 is 0 Å². The monoisotopic (exact) mass is 284 g/mol. The van der Waals surface area contributed by atoms with Crippen LogP contribution in [0.15, 0.2) is 29.2 Å². The molecular weight excluding hydrogens is 268 g/mol. The summed E-state index contributed by atoms with van der Waals surface area (Å²) in [6.45, 7) is 2.63. The lowest BCUT2D eigenvalue weighted by atomic mass is 10.2. The van der Waals surface area contributed by atoms with Crippen LogP contribution in [0.1, 0.15) is 18.9 Å². The molecule has 1 heterocycles. The van der Waals surface area contributed by atoms with Gasteiger partial charge in [0.25, 0.3) is 10.0 Å².